The van der Waals surface area contributed by atoms with Crippen molar-refractivity contribution in [3.8, 4) is 11.1 Å². The van der Waals surface area contributed by atoms with Gasteiger partial charge in [-0.2, -0.15) is 0 Å². The standard InChI is InChI=1S/C31H28BrNS2/c1-30(2,3)19-6-9-21(10-7-19)33(27-18-35-28-14-15-34-29(27)28)22-11-13-24-23-12-8-20(32)16-25(23)31(4,5)26(24)17-22/h6-18H,1-5H3. The first-order valence-electron chi connectivity index (χ1n) is 11.9. The summed E-state index contributed by atoms with van der Waals surface area (Å²) in [4.78, 5) is 2.44. The summed E-state index contributed by atoms with van der Waals surface area (Å²) >= 11 is 7.34. The molecule has 6 rings (SSSR count). The van der Waals surface area contributed by atoms with E-state index in [0.29, 0.717) is 0 Å². The Kier molecular flexibility index (Phi) is 5.30. The fraction of sp³-hybridized carbons (Fsp3) is 0.226. The topological polar surface area (TPSA) is 3.24 Å². The van der Waals surface area contributed by atoms with Gasteiger partial charge >= 0.3 is 0 Å². The van der Waals surface area contributed by atoms with Gasteiger partial charge in [0, 0.05) is 31.3 Å². The van der Waals surface area contributed by atoms with E-state index in [4.69, 9.17) is 0 Å². The van der Waals surface area contributed by atoms with Crippen LogP contribution in [0.5, 0.6) is 0 Å². The van der Waals surface area contributed by atoms with E-state index in [1.807, 2.05) is 22.7 Å². The second-order valence-electron chi connectivity index (χ2n) is 10.9. The molecule has 0 spiro atoms. The largest absolute Gasteiger partial charge is 0.308 e. The monoisotopic (exact) mass is 557 g/mol. The molecular formula is C31H28BrNS2. The van der Waals surface area contributed by atoms with Crippen LogP contribution >= 0.6 is 38.6 Å². The van der Waals surface area contributed by atoms with Crippen LogP contribution in [0.15, 0.2) is 82.0 Å². The zero-order chi connectivity index (χ0) is 24.5. The zero-order valence-corrected chi connectivity index (χ0v) is 23.9. The number of rotatable bonds is 3. The smallest absolute Gasteiger partial charge is 0.0747 e. The molecular weight excluding hydrogens is 530 g/mol. The molecule has 0 N–H and O–H groups in total. The molecule has 0 saturated carbocycles. The van der Waals surface area contributed by atoms with Gasteiger partial charge < -0.3 is 4.90 Å². The lowest BCUT2D eigenvalue weighted by molar-refractivity contribution is 0.590. The highest BCUT2D eigenvalue weighted by atomic mass is 79.9. The Morgan fingerprint density at radius 2 is 1.43 bits per heavy atom. The number of fused-ring (bicyclic) bond motifs is 4. The van der Waals surface area contributed by atoms with Crippen molar-refractivity contribution in [2.45, 2.75) is 45.4 Å². The normalized spacial score (nSPS) is 14.2. The van der Waals surface area contributed by atoms with E-state index in [1.165, 1.54) is 54.3 Å². The van der Waals surface area contributed by atoms with Crippen molar-refractivity contribution in [3.63, 3.8) is 0 Å². The number of nitrogens with zero attached hydrogens (tertiary/aromatic N) is 1. The number of hydrogen-bond donors (Lipinski definition) is 0. The molecule has 3 aromatic carbocycles. The molecule has 35 heavy (non-hydrogen) atoms. The summed E-state index contributed by atoms with van der Waals surface area (Å²) in [7, 11) is 0. The molecule has 0 bridgehead atoms. The molecule has 0 unspecified atom stereocenters. The quantitative estimate of drug-likeness (QED) is 0.213. The molecule has 0 atom stereocenters. The van der Waals surface area contributed by atoms with Crippen molar-refractivity contribution < 1.29 is 0 Å². The lowest BCUT2D eigenvalue weighted by Gasteiger charge is -2.28. The number of anilines is 3. The predicted molar refractivity (Wildman–Crippen MR) is 158 cm³/mol. The van der Waals surface area contributed by atoms with Gasteiger partial charge in [-0.3, -0.25) is 0 Å². The zero-order valence-electron chi connectivity index (χ0n) is 20.6. The SMILES string of the molecule is CC(C)(C)c1ccc(N(c2ccc3c(c2)C(C)(C)c2cc(Br)ccc2-3)c2csc3ccsc23)cc1. The highest BCUT2D eigenvalue weighted by Gasteiger charge is 2.36. The van der Waals surface area contributed by atoms with Gasteiger partial charge in [0.1, 0.15) is 0 Å². The third kappa shape index (κ3) is 3.69. The summed E-state index contributed by atoms with van der Waals surface area (Å²) in [6.45, 7) is 11.5. The van der Waals surface area contributed by atoms with Crippen LogP contribution in [0.3, 0.4) is 0 Å². The van der Waals surface area contributed by atoms with Crippen LogP contribution in [0.25, 0.3) is 20.5 Å². The molecule has 4 heteroatoms. The van der Waals surface area contributed by atoms with Crippen molar-refractivity contribution in [2.75, 3.05) is 4.90 Å². The van der Waals surface area contributed by atoms with Crippen LogP contribution in [0, 0.1) is 0 Å². The minimum atomic E-state index is -0.0564. The summed E-state index contributed by atoms with van der Waals surface area (Å²) in [5.41, 5.74) is 10.6. The summed E-state index contributed by atoms with van der Waals surface area (Å²) in [6, 6.07) is 25.1. The molecule has 1 aliphatic carbocycles. The van der Waals surface area contributed by atoms with E-state index in [9.17, 15) is 0 Å². The molecule has 0 aliphatic heterocycles. The van der Waals surface area contributed by atoms with Gasteiger partial charge in [0.05, 0.1) is 10.4 Å². The Balaban J connectivity index is 1.54. The minimum Gasteiger partial charge on any atom is -0.308 e. The van der Waals surface area contributed by atoms with Crippen LogP contribution in [0.1, 0.15) is 51.3 Å². The number of halogens is 1. The Hall–Kier alpha value is -2.40. The molecule has 0 amide bonds. The second kappa shape index (κ2) is 8.06. The van der Waals surface area contributed by atoms with E-state index in [1.54, 1.807) is 0 Å². The van der Waals surface area contributed by atoms with Crippen molar-refractivity contribution in [1.29, 1.82) is 0 Å². The third-order valence-corrected chi connectivity index (χ3v) is 9.77. The predicted octanol–water partition coefficient (Wildman–Crippen LogP) is 10.8. The first-order valence-corrected chi connectivity index (χ1v) is 14.5. The maximum absolute atomic E-state index is 3.69. The van der Waals surface area contributed by atoms with Gasteiger partial charge in [-0.15, -0.1) is 22.7 Å². The lowest BCUT2D eigenvalue weighted by atomic mass is 9.82. The average molecular weight is 559 g/mol. The van der Waals surface area contributed by atoms with Crippen molar-refractivity contribution in [1.82, 2.24) is 0 Å². The molecule has 1 aliphatic rings. The van der Waals surface area contributed by atoms with Gasteiger partial charge in [0.2, 0.25) is 0 Å². The third-order valence-electron chi connectivity index (χ3n) is 7.27. The Morgan fingerprint density at radius 3 is 2.14 bits per heavy atom. The van der Waals surface area contributed by atoms with Crippen LogP contribution in [0.4, 0.5) is 17.1 Å². The van der Waals surface area contributed by atoms with Crippen LogP contribution < -0.4 is 4.90 Å². The summed E-state index contributed by atoms with van der Waals surface area (Å²) in [5.74, 6) is 0. The number of thiophene rings is 2. The Bertz CT molecular complexity index is 1560. The van der Waals surface area contributed by atoms with Gasteiger partial charge in [-0.25, -0.2) is 0 Å². The summed E-state index contributed by atoms with van der Waals surface area (Å²) in [6.07, 6.45) is 0. The number of hydrogen-bond acceptors (Lipinski definition) is 3. The fourth-order valence-corrected chi connectivity index (χ4v) is 7.70. The van der Waals surface area contributed by atoms with Crippen LogP contribution in [-0.2, 0) is 10.8 Å². The maximum atomic E-state index is 3.69. The first kappa shape index (κ1) is 23.0. The highest BCUT2D eigenvalue weighted by molar-refractivity contribution is 9.10. The van der Waals surface area contributed by atoms with Gasteiger partial charge in [0.15, 0.2) is 0 Å². The molecule has 5 aromatic rings. The van der Waals surface area contributed by atoms with Gasteiger partial charge in [-0.05, 0) is 81.1 Å². The summed E-state index contributed by atoms with van der Waals surface area (Å²) < 4.78 is 3.83. The van der Waals surface area contributed by atoms with E-state index < -0.39 is 0 Å². The van der Waals surface area contributed by atoms with Crippen LogP contribution in [0.2, 0.25) is 0 Å². The molecule has 0 saturated heterocycles. The van der Waals surface area contributed by atoms with Crippen molar-refractivity contribution in [3.05, 3.63) is 98.7 Å². The maximum Gasteiger partial charge on any atom is 0.0747 e. The molecule has 0 radical (unpaired) electrons. The van der Waals surface area contributed by atoms with Crippen molar-refractivity contribution >= 4 is 65.1 Å². The molecule has 0 fully saturated rings. The molecule has 2 heterocycles. The first-order chi connectivity index (χ1) is 16.6. The fourth-order valence-electron chi connectivity index (χ4n) is 5.28. The lowest BCUT2D eigenvalue weighted by Crippen LogP contribution is -2.16. The molecule has 176 valence electrons. The summed E-state index contributed by atoms with van der Waals surface area (Å²) in [5, 5.41) is 4.51. The average Bonchev–Trinajstić information content (AvgIpc) is 3.49. The molecule has 2 aromatic heterocycles. The minimum absolute atomic E-state index is 0.0564. The van der Waals surface area contributed by atoms with E-state index in [-0.39, 0.29) is 10.8 Å². The van der Waals surface area contributed by atoms with E-state index in [2.05, 4.69) is 133 Å². The Labute approximate surface area is 224 Å². The van der Waals surface area contributed by atoms with E-state index in [0.717, 1.165) is 4.47 Å². The highest BCUT2D eigenvalue weighted by Crippen LogP contribution is 2.52. The van der Waals surface area contributed by atoms with Gasteiger partial charge in [-0.1, -0.05) is 74.8 Å². The van der Waals surface area contributed by atoms with Gasteiger partial charge in [0.25, 0.3) is 0 Å². The molecule has 1 nitrogen and oxygen atoms in total. The van der Waals surface area contributed by atoms with Crippen molar-refractivity contribution in [2.24, 2.45) is 0 Å². The number of benzene rings is 3. The van der Waals surface area contributed by atoms with Crippen LogP contribution in [-0.4, -0.2) is 0 Å². The van der Waals surface area contributed by atoms with E-state index >= 15 is 0 Å². The second-order valence-corrected chi connectivity index (χ2v) is 13.7. The Morgan fingerprint density at radius 1 is 0.771 bits per heavy atom.